The molecule has 0 aliphatic carbocycles. The third-order valence-electron chi connectivity index (χ3n) is 2.27. The Bertz CT molecular complexity index is 500. The first-order chi connectivity index (χ1) is 7.83. The minimum absolute atomic E-state index is 0.0524. The van der Waals surface area contributed by atoms with Gasteiger partial charge in [0.25, 0.3) is 0 Å². The molecule has 0 fully saturated rings. The maximum absolute atomic E-state index is 13.5. The molecule has 1 aromatic carbocycles. The number of rotatable bonds is 2. The summed E-state index contributed by atoms with van der Waals surface area (Å²) in [7, 11) is 0. The lowest BCUT2D eigenvalue weighted by molar-refractivity contribution is 0.00291. The largest absolute Gasteiger partial charge is 0.759 e. The van der Waals surface area contributed by atoms with Crippen molar-refractivity contribution in [3.63, 3.8) is 0 Å². The second-order valence-electron chi connectivity index (χ2n) is 3.37. The average molecular weight is 286 g/mol. The molecule has 94 valence electrons. The summed E-state index contributed by atoms with van der Waals surface area (Å²) >= 11 is 2.59. The summed E-state index contributed by atoms with van der Waals surface area (Å²) in [6, 6.07) is -1.39. The number of hydrogen-bond donors (Lipinski definition) is 1. The highest BCUT2D eigenvalue weighted by Gasteiger charge is 2.47. The van der Waals surface area contributed by atoms with Crippen LogP contribution in [0.1, 0.15) is 5.56 Å². The van der Waals surface area contributed by atoms with E-state index in [4.69, 9.17) is 11.6 Å². The minimum Gasteiger partial charge on any atom is -0.759 e. The van der Waals surface area contributed by atoms with E-state index in [0.29, 0.717) is 0 Å². The van der Waals surface area contributed by atoms with Crippen LogP contribution in [-0.2, 0) is 17.7 Å². The van der Waals surface area contributed by atoms with Gasteiger partial charge in [-0.25, -0.2) is 9.40 Å². The van der Waals surface area contributed by atoms with Crippen LogP contribution in [0.15, 0.2) is 12.1 Å². The molecule has 0 saturated carbocycles. The number of fused-ring (bicyclic) bond motifs is 1. The van der Waals surface area contributed by atoms with Crippen LogP contribution in [0.5, 0.6) is 0 Å². The molecule has 1 aliphatic heterocycles. The SMILES string of the molecule is O=S([O-])NN1c2c(ccc(F)c2Cl)CC1(F)F. The Morgan fingerprint density at radius 3 is 2.76 bits per heavy atom. The molecule has 0 bridgehead atoms. The smallest absolute Gasteiger partial charge is 0.343 e. The topological polar surface area (TPSA) is 55.4 Å². The molecule has 1 heterocycles. The Morgan fingerprint density at radius 2 is 2.18 bits per heavy atom. The molecular weight excluding hydrogens is 281 g/mol. The van der Waals surface area contributed by atoms with Gasteiger partial charge in [0.2, 0.25) is 0 Å². The molecule has 1 aliphatic rings. The molecule has 4 nitrogen and oxygen atoms in total. The second kappa shape index (κ2) is 4.13. The van der Waals surface area contributed by atoms with Gasteiger partial charge in [0.05, 0.1) is 12.1 Å². The molecule has 0 radical (unpaired) electrons. The van der Waals surface area contributed by atoms with E-state index < -0.39 is 34.6 Å². The van der Waals surface area contributed by atoms with Crippen LogP contribution in [0.4, 0.5) is 18.9 Å². The lowest BCUT2D eigenvalue weighted by Crippen LogP contribution is -2.49. The fourth-order valence-electron chi connectivity index (χ4n) is 1.62. The zero-order valence-corrected chi connectivity index (χ0v) is 9.62. The molecule has 1 N–H and O–H groups in total. The summed E-state index contributed by atoms with van der Waals surface area (Å²) in [5, 5.41) is -0.491. The van der Waals surface area contributed by atoms with Crippen LogP contribution < -0.4 is 9.84 Å². The molecule has 0 saturated heterocycles. The van der Waals surface area contributed by atoms with Gasteiger partial charge in [0.15, 0.2) is 0 Å². The van der Waals surface area contributed by atoms with Crippen molar-refractivity contribution in [2.45, 2.75) is 12.5 Å². The quantitative estimate of drug-likeness (QED) is 0.665. The van der Waals surface area contributed by atoms with Crippen molar-refractivity contribution >= 4 is 28.6 Å². The first kappa shape index (κ1) is 12.6. The number of alkyl halides is 2. The van der Waals surface area contributed by atoms with Gasteiger partial charge in [-0.3, -0.25) is 4.21 Å². The first-order valence-corrected chi connectivity index (χ1v) is 5.78. The lowest BCUT2D eigenvalue weighted by atomic mass is 10.1. The van der Waals surface area contributed by atoms with E-state index in [0.717, 1.165) is 12.1 Å². The van der Waals surface area contributed by atoms with Gasteiger partial charge in [-0.15, -0.1) is 0 Å². The Kier molecular flexibility index (Phi) is 3.06. The highest BCUT2D eigenvalue weighted by Crippen LogP contribution is 2.44. The molecule has 1 atom stereocenters. The van der Waals surface area contributed by atoms with E-state index in [-0.39, 0.29) is 16.3 Å². The lowest BCUT2D eigenvalue weighted by Gasteiger charge is -2.28. The molecule has 2 rings (SSSR count). The summed E-state index contributed by atoms with van der Waals surface area (Å²) in [6.45, 7) is 0. The Labute approximate surface area is 102 Å². The van der Waals surface area contributed by atoms with Crippen LogP contribution in [0, 0.1) is 5.82 Å². The van der Waals surface area contributed by atoms with E-state index in [9.17, 15) is 21.9 Å². The number of anilines is 1. The highest BCUT2D eigenvalue weighted by molar-refractivity contribution is 7.77. The Hall–Kier alpha value is -0.830. The molecule has 0 spiro atoms. The Balaban J connectivity index is 2.53. The number of hydrogen-bond acceptors (Lipinski definition) is 3. The van der Waals surface area contributed by atoms with Crippen LogP contribution in [0.25, 0.3) is 0 Å². The van der Waals surface area contributed by atoms with Crippen molar-refractivity contribution < 1.29 is 21.9 Å². The number of nitrogens with zero attached hydrogens (tertiary/aromatic N) is 1. The number of halogens is 4. The van der Waals surface area contributed by atoms with Crippen LogP contribution in [-0.4, -0.2) is 14.8 Å². The van der Waals surface area contributed by atoms with Crippen LogP contribution in [0.2, 0.25) is 5.02 Å². The molecule has 1 aromatic rings. The van der Waals surface area contributed by atoms with Gasteiger partial charge >= 0.3 is 6.05 Å². The molecule has 0 aromatic heterocycles. The summed E-state index contributed by atoms with van der Waals surface area (Å²) in [5.41, 5.74) is -0.291. The van der Waals surface area contributed by atoms with Crippen molar-refractivity contribution in [3.05, 3.63) is 28.5 Å². The summed E-state index contributed by atoms with van der Waals surface area (Å²) in [6.07, 6.45) is -0.744. The van der Waals surface area contributed by atoms with Crippen molar-refractivity contribution in [1.82, 2.24) is 4.83 Å². The number of nitrogens with one attached hydrogen (secondary N) is 1. The van der Waals surface area contributed by atoms with Crippen molar-refractivity contribution in [2.75, 3.05) is 5.01 Å². The van der Waals surface area contributed by atoms with Crippen molar-refractivity contribution in [2.24, 2.45) is 0 Å². The maximum Gasteiger partial charge on any atom is 0.343 e. The third kappa shape index (κ3) is 2.13. The number of benzene rings is 1. The zero-order chi connectivity index (χ0) is 12.8. The van der Waals surface area contributed by atoms with Crippen molar-refractivity contribution in [1.29, 1.82) is 0 Å². The Morgan fingerprint density at radius 1 is 1.53 bits per heavy atom. The summed E-state index contributed by atoms with van der Waals surface area (Å²) < 4.78 is 61.0. The van der Waals surface area contributed by atoms with Gasteiger partial charge < -0.3 is 4.55 Å². The van der Waals surface area contributed by atoms with Gasteiger partial charge in [-0.2, -0.15) is 13.6 Å². The van der Waals surface area contributed by atoms with Gasteiger partial charge in [-0.05, 0) is 11.6 Å². The predicted molar refractivity (Wildman–Crippen MR) is 54.6 cm³/mol. The van der Waals surface area contributed by atoms with E-state index >= 15 is 0 Å². The standard InChI is InChI=1S/C8H6ClF3N2O2S/c9-6-5(10)2-1-4-3-8(11,12)14(7(4)6)13-17(15)16/h1-2,13H,3H2,(H,15,16)/p-1. The zero-order valence-electron chi connectivity index (χ0n) is 8.05. The first-order valence-electron chi connectivity index (χ1n) is 4.33. The van der Waals surface area contributed by atoms with Gasteiger partial charge in [-0.1, -0.05) is 17.7 Å². The monoisotopic (exact) mass is 285 g/mol. The maximum atomic E-state index is 13.5. The van der Waals surface area contributed by atoms with E-state index in [2.05, 4.69) is 0 Å². The van der Waals surface area contributed by atoms with Crippen LogP contribution in [0.3, 0.4) is 0 Å². The summed E-state index contributed by atoms with van der Waals surface area (Å²) in [4.78, 5) is 1.51. The van der Waals surface area contributed by atoms with Gasteiger partial charge in [0, 0.05) is 11.3 Å². The van der Waals surface area contributed by atoms with Crippen LogP contribution >= 0.6 is 11.6 Å². The molecule has 9 heteroatoms. The fraction of sp³-hybridized carbons (Fsp3) is 0.250. The van der Waals surface area contributed by atoms with E-state index in [1.165, 1.54) is 4.83 Å². The molecule has 17 heavy (non-hydrogen) atoms. The molecule has 1 unspecified atom stereocenters. The third-order valence-corrected chi connectivity index (χ3v) is 2.96. The average Bonchev–Trinajstić information content (AvgIpc) is 2.45. The fourth-order valence-corrected chi connectivity index (χ4v) is 2.27. The summed E-state index contributed by atoms with van der Waals surface area (Å²) in [5.74, 6) is -0.897. The number of hydrazine groups is 1. The minimum atomic E-state index is -3.49. The highest BCUT2D eigenvalue weighted by atomic mass is 35.5. The van der Waals surface area contributed by atoms with Gasteiger partial charge in [0.1, 0.15) is 10.8 Å². The predicted octanol–water partition coefficient (Wildman–Crippen LogP) is 1.73. The molecule has 0 amide bonds. The van der Waals surface area contributed by atoms with E-state index in [1.54, 1.807) is 0 Å². The van der Waals surface area contributed by atoms with Crippen molar-refractivity contribution in [3.8, 4) is 0 Å². The molecular formula is C8H5ClF3N2O2S-. The normalized spacial score (nSPS) is 19.2. The van der Waals surface area contributed by atoms with E-state index in [1.807, 2.05) is 0 Å². The second-order valence-corrected chi connectivity index (χ2v) is 4.40.